The Morgan fingerprint density at radius 2 is 1.38 bits per heavy atom. The van der Waals surface area contributed by atoms with E-state index in [9.17, 15) is 0 Å². The number of hydrogen-bond acceptors (Lipinski definition) is 1. The van der Waals surface area contributed by atoms with Crippen molar-refractivity contribution in [2.45, 2.75) is 71.0 Å². The van der Waals surface area contributed by atoms with Crippen molar-refractivity contribution in [3.8, 4) is 0 Å². The van der Waals surface area contributed by atoms with E-state index in [1.807, 2.05) is 0 Å². The van der Waals surface area contributed by atoms with E-state index in [0.717, 1.165) is 0 Å². The Morgan fingerprint density at radius 3 is 1.81 bits per heavy atom. The van der Waals surface area contributed by atoms with Crippen molar-refractivity contribution in [2.24, 2.45) is 0 Å². The molecule has 0 bridgehead atoms. The van der Waals surface area contributed by atoms with Crippen LogP contribution >= 0.6 is 0 Å². The minimum atomic E-state index is -1.80. The van der Waals surface area contributed by atoms with Crippen molar-refractivity contribution in [1.29, 1.82) is 0 Å². The monoisotopic (exact) mass is 301 g/mol. The van der Waals surface area contributed by atoms with Gasteiger partial charge in [-0.25, -0.2) is 0 Å². The normalized spacial score (nSPS) is 21.9. The Hall–Kier alpha value is -1.02. The molecule has 21 heavy (non-hydrogen) atoms. The summed E-state index contributed by atoms with van der Waals surface area (Å²) in [5, 5.41) is 0.609. The van der Waals surface area contributed by atoms with Gasteiger partial charge in [0.1, 0.15) is 0 Å². The molecule has 1 aromatic carbocycles. The van der Waals surface area contributed by atoms with Crippen LogP contribution in [0.3, 0.4) is 0 Å². The van der Waals surface area contributed by atoms with Crippen LogP contribution < -0.4 is 4.57 Å². The van der Waals surface area contributed by atoms with Crippen molar-refractivity contribution in [2.75, 3.05) is 4.57 Å². The van der Waals surface area contributed by atoms with Crippen molar-refractivity contribution in [3.63, 3.8) is 0 Å². The van der Waals surface area contributed by atoms with E-state index >= 15 is 0 Å². The van der Waals surface area contributed by atoms with Gasteiger partial charge in [-0.1, -0.05) is 72.2 Å². The second-order valence-corrected chi connectivity index (χ2v) is 14.5. The molecule has 0 fully saturated rings. The third-order valence-electron chi connectivity index (χ3n) is 5.16. The smallest absolute Gasteiger partial charge is 0.178 e. The molecule has 1 unspecified atom stereocenters. The molecule has 0 N–H and O–H groups in total. The molecule has 0 amide bonds. The highest BCUT2D eigenvalue weighted by molar-refractivity contribution is 6.90. The highest BCUT2D eigenvalue weighted by atomic mass is 28.3. The molecule has 1 heterocycles. The largest absolute Gasteiger partial charge is 0.373 e. The quantitative estimate of drug-likeness (QED) is 0.553. The minimum absolute atomic E-state index is 0.305. The number of benzene rings is 1. The second-order valence-electron chi connectivity index (χ2n) is 8.60. The highest BCUT2D eigenvalue weighted by Crippen LogP contribution is 2.61. The highest BCUT2D eigenvalue weighted by Gasteiger charge is 2.61. The third kappa shape index (κ3) is 2.38. The Kier molecular flexibility index (Phi) is 3.90. The molecule has 0 saturated carbocycles. The van der Waals surface area contributed by atoms with E-state index in [-0.39, 0.29) is 0 Å². The summed E-state index contributed by atoms with van der Waals surface area (Å²) in [5.74, 6) is 0. The first-order valence-electron chi connectivity index (χ1n) is 8.06. The Morgan fingerprint density at radius 1 is 0.905 bits per heavy atom. The van der Waals surface area contributed by atoms with E-state index in [0.29, 0.717) is 15.6 Å². The van der Waals surface area contributed by atoms with Crippen molar-refractivity contribution in [1.82, 2.24) is 0 Å². The molecular formula is C19H31NSi. The first-order chi connectivity index (χ1) is 9.51. The maximum atomic E-state index is 2.66. The number of rotatable bonds is 1. The van der Waals surface area contributed by atoms with Gasteiger partial charge in [-0.15, -0.1) is 0 Å². The number of anilines is 1. The van der Waals surface area contributed by atoms with E-state index < -0.39 is 8.24 Å². The van der Waals surface area contributed by atoms with Crippen LogP contribution in [0.2, 0.25) is 15.6 Å². The molecule has 0 radical (unpaired) electrons. The number of hydrogen-bond donors (Lipinski definition) is 0. The average Bonchev–Trinajstić information content (AvgIpc) is 2.67. The van der Waals surface area contributed by atoms with Crippen molar-refractivity contribution < 1.29 is 0 Å². The first kappa shape index (κ1) is 16.3. The molecule has 1 nitrogen and oxygen atoms in total. The van der Waals surface area contributed by atoms with Gasteiger partial charge in [-0.3, -0.25) is 0 Å². The van der Waals surface area contributed by atoms with Gasteiger partial charge in [0.05, 0.1) is 0 Å². The second kappa shape index (κ2) is 5.01. The lowest BCUT2D eigenvalue weighted by Gasteiger charge is -2.57. The summed E-state index contributed by atoms with van der Waals surface area (Å²) in [4.78, 5) is 0. The Balaban J connectivity index is 2.64. The third-order valence-corrected chi connectivity index (χ3v) is 12.4. The molecule has 1 aliphatic heterocycles. The number of aryl methyl sites for hydroxylation is 1. The van der Waals surface area contributed by atoms with Crippen LogP contribution in [0.25, 0.3) is 0 Å². The van der Waals surface area contributed by atoms with Gasteiger partial charge in [0.25, 0.3) is 0 Å². The fourth-order valence-electron chi connectivity index (χ4n) is 4.90. The molecule has 2 rings (SSSR count). The van der Waals surface area contributed by atoms with Crippen LogP contribution in [0, 0.1) is 6.92 Å². The zero-order valence-electron chi connectivity index (χ0n) is 15.0. The van der Waals surface area contributed by atoms with Gasteiger partial charge < -0.3 is 4.57 Å². The topological polar surface area (TPSA) is 3.24 Å². The SMILES string of the molecule is Cc1ccc(N2C=CC(C)[Si]2(C(C)(C)C)C(C)(C)C)cc1. The fraction of sp³-hybridized carbons (Fsp3) is 0.579. The average molecular weight is 302 g/mol. The molecule has 0 aliphatic carbocycles. The molecule has 2 heteroatoms. The molecule has 116 valence electrons. The van der Waals surface area contributed by atoms with Gasteiger partial charge in [0.2, 0.25) is 0 Å². The first-order valence-corrected chi connectivity index (χ1v) is 10.1. The predicted octanol–water partition coefficient (Wildman–Crippen LogP) is 6.26. The molecule has 1 atom stereocenters. The van der Waals surface area contributed by atoms with E-state index in [2.05, 4.69) is 96.5 Å². The van der Waals surface area contributed by atoms with E-state index in [4.69, 9.17) is 0 Å². The lowest BCUT2D eigenvalue weighted by Crippen LogP contribution is -2.63. The summed E-state index contributed by atoms with van der Waals surface area (Å²) in [5.41, 5.74) is 3.34. The van der Waals surface area contributed by atoms with Crippen molar-refractivity contribution in [3.05, 3.63) is 42.1 Å². The van der Waals surface area contributed by atoms with Crippen molar-refractivity contribution >= 4 is 13.9 Å². The number of allylic oxidation sites excluding steroid dienone is 1. The summed E-state index contributed by atoms with van der Waals surface area (Å²) >= 11 is 0. The number of nitrogens with zero attached hydrogens (tertiary/aromatic N) is 1. The van der Waals surface area contributed by atoms with E-state index in [1.54, 1.807) is 0 Å². The molecule has 1 aromatic rings. The zero-order valence-corrected chi connectivity index (χ0v) is 16.0. The van der Waals surface area contributed by atoms with Crippen LogP contribution in [0.5, 0.6) is 0 Å². The van der Waals surface area contributed by atoms with E-state index in [1.165, 1.54) is 11.3 Å². The molecule has 0 saturated heterocycles. The van der Waals surface area contributed by atoms with Gasteiger partial charge >= 0.3 is 0 Å². The minimum Gasteiger partial charge on any atom is -0.373 e. The van der Waals surface area contributed by atoms with Gasteiger partial charge in [-0.2, -0.15) is 0 Å². The Labute approximate surface area is 132 Å². The van der Waals surface area contributed by atoms with Crippen LogP contribution in [0.15, 0.2) is 36.5 Å². The molecule has 0 spiro atoms. The maximum Gasteiger partial charge on any atom is 0.178 e. The molecule has 0 aromatic heterocycles. The van der Waals surface area contributed by atoms with Crippen LogP contribution in [0.1, 0.15) is 54.0 Å². The van der Waals surface area contributed by atoms with Gasteiger partial charge in [0.15, 0.2) is 8.24 Å². The fourth-order valence-corrected chi connectivity index (χ4v) is 13.0. The predicted molar refractivity (Wildman–Crippen MR) is 97.4 cm³/mol. The summed E-state index contributed by atoms with van der Waals surface area (Å²) in [6.07, 6.45) is 4.79. The summed E-state index contributed by atoms with van der Waals surface area (Å²) in [6.45, 7) is 19.2. The van der Waals surface area contributed by atoms with Gasteiger partial charge in [-0.05, 0) is 40.9 Å². The lowest BCUT2D eigenvalue weighted by molar-refractivity contribution is 0.594. The zero-order chi connectivity index (χ0) is 16.1. The van der Waals surface area contributed by atoms with Crippen LogP contribution in [0.4, 0.5) is 5.69 Å². The Bertz CT molecular complexity index is 514. The standard InChI is InChI=1S/C19H31NSi/c1-15-9-11-17(12-10-15)20-14-13-16(2)21(20,18(3,4)5)19(6,7)8/h9-14,16H,1-8H3. The molecule has 1 aliphatic rings. The summed E-state index contributed by atoms with van der Waals surface area (Å²) < 4.78 is 2.66. The molecular weight excluding hydrogens is 270 g/mol. The summed E-state index contributed by atoms with van der Waals surface area (Å²) in [6, 6.07) is 9.04. The maximum absolute atomic E-state index is 2.66. The van der Waals surface area contributed by atoms with Crippen LogP contribution in [-0.2, 0) is 0 Å². The van der Waals surface area contributed by atoms with Gasteiger partial charge in [0, 0.05) is 5.69 Å². The lowest BCUT2D eigenvalue weighted by atomic mass is 10.2. The van der Waals surface area contributed by atoms with Crippen LogP contribution in [-0.4, -0.2) is 8.24 Å². The summed E-state index contributed by atoms with van der Waals surface area (Å²) in [7, 11) is -1.80.